The Morgan fingerprint density at radius 3 is 2.75 bits per heavy atom. The number of hydrogen-bond acceptors (Lipinski definition) is 3. The van der Waals surface area contributed by atoms with Crippen LogP contribution in [0, 0.1) is 5.92 Å². The summed E-state index contributed by atoms with van der Waals surface area (Å²) in [5.41, 5.74) is 7.21. The van der Waals surface area contributed by atoms with Crippen molar-refractivity contribution in [1.82, 2.24) is 4.90 Å². The van der Waals surface area contributed by atoms with Crippen molar-refractivity contribution >= 4 is 17.7 Å². The van der Waals surface area contributed by atoms with Crippen LogP contribution in [-0.2, 0) is 4.79 Å². The van der Waals surface area contributed by atoms with Gasteiger partial charge in [-0.05, 0) is 36.5 Å². The van der Waals surface area contributed by atoms with E-state index in [0.717, 1.165) is 25.3 Å². The van der Waals surface area contributed by atoms with E-state index in [1.807, 2.05) is 11.0 Å². The van der Waals surface area contributed by atoms with E-state index in [4.69, 9.17) is 5.73 Å². The third-order valence-electron chi connectivity index (χ3n) is 4.06. The van der Waals surface area contributed by atoms with E-state index in [1.54, 1.807) is 11.8 Å². The average molecular weight is 292 g/mol. The molecular formula is C16H24N2OS. The Balaban J connectivity index is 1.97. The lowest BCUT2D eigenvalue weighted by Gasteiger charge is -2.16. The molecule has 20 heavy (non-hydrogen) atoms. The van der Waals surface area contributed by atoms with Gasteiger partial charge in [0.2, 0.25) is 5.91 Å². The van der Waals surface area contributed by atoms with E-state index < -0.39 is 0 Å². The van der Waals surface area contributed by atoms with Crippen molar-refractivity contribution in [2.45, 2.75) is 18.8 Å². The molecule has 1 aliphatic heterocycles. The van der Waals surface area contributed by atoms with E-state index in [9.17, 15) is 4.79 Å². The minimum Gasteiger partial charge on any atom is -0.342 e. The van der Waals surface area contributed by atoms with E-state index in [0.29, 0.717) is 24.8 Å². The highest BCUT2D eigenvalue weighted by atomic mass is 32.2. The van der Waals surface area contributed by atoms with Crippen LogP contribution >= 0.6 is 11.8 Å². The largest absolute Gasteiger partial charge is 0.342 e. The second-order valence-corrected chi connectivity index (χ2v) is 6.39. The van der Waals surface area contributed by atoms with Crippen LogP contribution in [0.15, 0.2) is 30.3 Å². The van der Waals surface area contributed by atoms with Gasteiger partial charge in [0.25, 0.3) is 0 Å². The smallest absolute Gasteiger partial charge is 0.222 e. The summed E-state index contributed by atoms with van der Waals surface area (Å²) in [4.78, 5) is 14.2. The molecule has 2 atom stereocenters. The summed E-state index contributed by atoms with van der Waals surface area (Å²) in [5.74, 6) is 2.13. The van der Waals surface area contributed by atoms with Crippen molar-refractivity contribution < 1.29 is 4.79 Å². The first-order chi connectivity index (χ1) is 9.76. The van der Waals surface area contributed by atoms with Gasteiger partial charge in [0, 0.05) is 25.4 Å². The Labute approximate surface area is 125 Å². The molecule has 1 fully saturated rings. The van der Waals surface area contributed by atoms with Crippen molar-refractivity contribution in [3.8, 4) is 0 Å². The second kappa shape index (κ2) is 7.70. The van der Waals surface area contributed by atoms with Gasteiger partial charge < -0.3 is 10.6 Å². The highest BCUT2D eigenvalue weighted by Gasteiger charge is 2.34. The molecule has 2 rings (SSSR count). The fourth-order valence-corrected chi connectivity index (χ4v) is 3.35. The number of carbonyl (C=O) groups excluding carboxylic acids is 1. The highest BCUT2D eigenvalue weighted by molar-refractivity contribution is 7.98. The molecule has 0 unspecified atom stereocenters. The lowest BCUT2D eigenvalue weighted by molar-refractivity contribution is -0.130. The predicted octanol–water partition coefficient (Wildman–Crippen LogP) is 2.33. The van der Waals surface area contributed by atoms with Crippen molar-refractivity contribution in [1.29, 1.82) is 0 Å². The Morgan fingerprint density at radius 1 is 1.35 bits per heavy atom. The molecule has 0 aliphatic carbocycles. The first-order valence-electron chi connectivity index (χ1n) is 7.28. The first kappa shape index (κ1) is 15.4. The Kier molecular flexibility index (Phi) is 5.92. The maximum Gasteiger partial charge on any atom is 0.222 e. The molecule has 1 amide bonds. The number of nitrogens with two attached hydrogens (primary N) is 1. The zero-order valence-corrected chi connectivity index (χ0v) is 12.9. The maximum absolute atomic E-state index is 12.2. The molecule has 1 aliphatic rings. The van der Waals surface area contributed by atoms with Crippen LogP contribution in [0.5, 0.6) is 0 Å². The maximum atomic E-state index is 12.2. The van der Waals surface area contributed by atoms with Crippen LogP contribution in [0.1, 0.15) is 24.3 Å². The molecule has 110 valence electrons. The summed E-state index contributed by atoms with van der Waals surface area (Å²) >= 11 is 1.80. The number of rotatable bonds is 6. The number of amides is 1. The molecule has 0 aromatic heterocycles. The van der Waals surface area contributed by atoms with Crippen LogP contribution in [-0.4, -0.2) is 42.4 Å². The van der Waals surface area contributed by atoms with Gasteiger partial charge in [-0.2, -0.15) is 11.8 Å². The van der Waals surface area contributed by atoms with E-state index in [-0.39, 0.29) is 5.91 Å². The molecule has 1 aromatic rings. The fraction of sp³-hybridized carbons (Fsp3) is 0.562. The van der Waals surface area contributed by atoms with Crippen molar-refractivity contribution in [2.24, 2.45) is 11.7 Å². The summed E-state index contributed by atoms with van der Waals surface area (Å²) in [6, 6.07) is 10.4. The summed E-state index contributed by atoms with van der Waals surface area (Å²) in [5, 5.41) is 0. The summed E-state index contributed by atoms with van der Waals surface area (Å²) in [6.07, 6.45) is 3.72. The topological polar surface area (TPSA) is 46.3 Å². The molecule has 4 heteroatoms. The molecule has 0 radical (unpaired) electrons. The highest BCUT2D eigenvalue weighted by Crippen LogP contribution is 2.32. The molecule has 2 N–H and O–H groups in total. The lowest BCUT2D eigenvalue weighted by atomic mass is 9.89. The summed E-state index contributed by atoms with van der Waals surface area (Å²) in [7, 11) is 0. The Morgan fingerprint density at radius 2 is 2.10 bits per heavy atom. The van der Waals surface area contributed by atoms with Crippen LogP contribution in [0.25, 0.3) is 0 Å². The van der Waals surface area contributed by atoms with E-state index in [1.165, 1.54) is 5.56 Å². The van der Waals surface area contributed by atoms with E-state index in [2.05, 4.69) is 30.5 Å². The van der Waals surface area contributed by atoms with Crippen LogP contribution in [0.3, 0.4) is 0 Å². The third kappa shape index (κ3) is 3.76. The zero-order chi connectivity index (χ0) is 14.4. The van der Waals surface area contributed by atoms with Crippen molar-refractivity contribution in [2.75, 3.05) is 31.6 Å². The van der Waals surface area contributed by atoms with Crippen molar-refractivity contribution in [3.05, 3.63) is 35.9 Å². The van der Waals surface area contributed by atoms with Gasteiger partial charge in [-0.25, -0.2) is 0 Å². The number of hydrogen-bond donors (Lipinski definition) is 1. The number of benzene rings is 1. The van der Waals surface area contributed by atoms with Gasteiger partial charge in [0.1, 0.15) is 0 Å². The average Bonchev–Trinajstić information content (AvgIpc) is 2.92. The minimum atomic E-state index is 0.288. The molecule has 3 nitrogen and oxygen atoms in total. The van der Waals surface area contributed by atoms with Gasteiger partial charge in [0.15, 0.2) is 0 Å². The minimum absolute atomic E-state index is 0.288. The standard InChI is InChI=1S/C16H24N2OS/c1-20-9-5-8-16(19)18-11-14(10-17)15(12-18)13-6-3-2-4-7-13/h2-4,6-7,14-15H,5,8-12,17H2,1H3/t14-,15+/m1/s1. The number of thioether (sulfide) groups is 1. The van der Waals surface area contributed by atoms with Gasteiger partial charge >= 0.3 is 0 Å². The predicted molar refractivity (Wildman–Crippen MR) is 85.9 cm³/mol. The third-order valence-corrected chi connectivity index (χ3v) is 4.76. The van der Waals surface area contributed by atoms with Crippen LogP contribution in [0.4, 0.5) is 0 Å². The molecule has 0 spiro atoms. The summed E-state index contributed by atoms with van der Waals surface area (Å²) in [6.45, 7) is 2.28. The Bertz CT molecular complexity index is 424. The normalized spacial score (nSPS) is 22.2. The number of carbonyl (C=O) groups is 1. The number of likely N-dealkylation sites (tertiary alicyclic amines) is 1. The zero-order valence-electron chi connectivity index (χ0n) is 12.1. The van der Waals surface area contributed by atoms with Gasteiger partial charge in [0.05, 0.1) is 0 Å². The van der Waals surface area contributed by atoms with Gasteiger partial charge in [-0.15, -0.1) is 0 Å². The van der Waals surface area contributed by atoms with Gasteiger partial charge in [-0.3, -0.25) is 4.79 Å². The molecule has 1 heterocycles. The molecular weight excluding hydrogens is 268 g/mol. The number of nitrogens with zero attached hydrogens (tertiary/aromatic N) is 1. The van der Waals surface area contributed by atoms with Crippen LogP contribution in [0.2, 0.25) is 0 Å². The lowest BCUT2D eigenvalue weighted by Crippen LogP contribution is -2.29. The van der Waals surface area contributed by atoms with E-state index >= 15 is 0 Å². The summed E-state index contributed by atoms with van der Waals surface area (Å²) < 4.78 is 0. The van der Waals surface area contributed by atoms with Gasteiger partial charge in [-0.1, -0.05) is 30.3 Å². The molecule has 0 saturated carbocycles. The fourth-order valence-electron chi connectivity index (χ4n) is 2.92. The SMILES string of the molecule is CSCCCC(=O)N1C[C@@H](CN)[C@H](c2ccccc2)C1. The van der Waals surface area contributed by atoms with Crippen LogP contribution < -0.4 is 5.73 Å². The quantitative estimate of drug-likeness (QED) is 0.819. The molecule has 0 bridgehead atoms. The Hall–Kier alpha value is -1.00. The monoisotopic (exact) mass is 292 g/mol. The first-order valence-corrected chi connectivity index (χ1v) is 8.67. The second-order valence-electron chi connectivity index (χ2n) is 5.41. The van der Waals surface area contributed by atoms with Crippen molar-refractivity contribution in [3.63, 3.8) is 0 Å². The molecule has 1 saturated heterocycles. The molecule has 1 aromatic carbocycles.